The monoisotopic (exact) mass is 300 g/mol. The molecule has 3 nitrogen and oxygen atoms in total. The second-order valence-corrected chi connectivity index (χ2v) is 6.83. The van der Waals surface area contributed by atoms with Crippen LogP contribution in [-0.4, -0.2) is 30.4 Å². The van der Waals surface area contributed by atoms with E-state index in [-0.39, 0.29) is 5.91 Å². The topological polar surface area (TPSA) is 32.3 Å². The standard InChI is InChI=1S/C19H28N2O/c22-19(14-16-8-4-5-9-16)20-15-18(21-12-6-7-13-21)17-10-2-1-3-11-17/h1-3,10-11,16,18H,4-9,12-15H2,(H,20,22). The molecule has 0 radical (unpaired) electrons. The van der Waals surface area contributed by atoms with E-state index >= 15 is 0 Å². The van der Waals surface area contributed by atoms with Crippen LogP contribution in [0, 0.1) is 5.92 Å². The summed E-state index contributed by atoms with van der Waals surface area (Å²) in [4.78, 5) is 14.7. The Morgan fingerprint density at radius 1 is 1.09 bits per heavy atom. The average molecular weight is 300 g/mol. The molecule has 120 valence electrons. The van der Waals surface area contributed by atoms with Crippen molar-refractivity contribution in [1.29, 1.82) is 0 Å². The molecule has 1 aromatic carbocycles. The van der Waals surface area contributed by atoms with E-state index in [1.807, 2.05) is 0 Å². The maximum atomic E-state index is 12.2. The molecule has 0 spiro atoms. The van der Waals surface area contributed by atoms with E-state index < -0.39 is 0 Å². The summed E-state index contributed by atoms with van der Waals surface area (Å²) in [5, 5.41) is 3.20. The highest BCUT2D eigenvalue weighted by Gasteiger charge is 2.24. The van der Waals surface area contributed by atoms with E-state index in [4.69, 9.17) is 0 Å². The minimum atomic E-state index is 0.243. The molecule has 1 saturated heterocycles. The first-order chi connectivity index (χ1) is 10.8. The van der Waals surface area contributed by atoms with Gasteiger partial charge in [0.1, 0.15) is 0 Å². The van der Waals surface area contributed by atoms with Crippen LogP contribution < -0.4 is 5.32 Å². The first-order valence-electron chi connectivity index (χ1n) is 8.88. The zero-order valence-corrected chi connectivity index (χ0v) is 13.5. The van der Waals surface area contributed by atoms with Crippen LogP contribution in [0.5, 0.6) is 0 Å². The maximum absolute atomic E-state index is 12.2. The highest BCUT2D eigenvalue weighted by molar-refractivity contribution is 5.76. The first kappa shape index (κ1) is 15.5. The van der Waals surface area contributed by atoms with E-state index in [1.54, 1.807) is 0 Å². The van der Waals surface area contributed by atoms with E-state index in [9.17, 15) is 4.79 Å². The van der Waals surface area contributed by atoms with Gasteiger partial charge in [0.2, 0.25) is 5.91 Å². The zero-order valence-electron chi connectivity index (χ0n) is 13.5. The van der Waals surface area contributed by atoms with Crippen LogP contribution in [0.2, 0.25) is 0 Å². The number of benzene rings is 1. The third-order valence-corrected chi connectivity index (χ3v) is 5.21. The van der Waals surface area contributed by atoms with Crippen LogP contribution in [0.1, 0.15) is 56.6 Å². The van der Waals surface area contributed by atoms with Crippen molar-refractivity contribution < 1.29 is 4.79 Å². The molecule has 1 saturated carbocycles. The van der Waals surface area contributed by atoms with Gasteiger partial charge in [-0.15, -0.1) is 0 Å². The SMILES string of the molecule is O=C(CC1CCCC1)NCC(c1ccccc1)N1CCCC1. The smallest absolute Gasteiger partial charge is 0.220 e. The Hall–Kier alpha value is -1.35. The largest absolute Gasteiger partial charge is 0.354 e. The maximum Gasteiger partial charge on any atom is 0.220 e. The van der Waals surface area contributed by atoms with Crippen LogP contribution in [0.4, 0.5) is 0 Å². The summed E-state index contributed by atoms with van der Waals surface area (Å²) < 4.78 is 0. The van der Waals surface area contributed by atoms with Crippen LogP contribution in [-0.2, 0) is 4.79 Å². The average Bonchev–Trinajstić information content (AvgIpc) is 3.22. The molecule has 1 heterocycles. The molecular formula is C19H28N2O. The van der Waals surface area contributed by atoms with Gasteiger partial charge in [0.25, 0.3) is 0 Å². The van der Waals surface area contributed by atoms with Gasteiger partial charge < -0.3 is 5.32 Å². The fourth-order valence-corrected chi connectivity index (χ4v) is 3.95. The van der Waals surface area contributed by atoms with Crippen molar-refractivity contribution in [3.8, 4) is 0 Å². The fourth-order valence-electron chi connectivity index (χ4n) is 3.95. The van der Waals surface area contributed by atoms with Crippen molar-refractivity contribution in [2.45, 2.75) is 51.0 Å². The lowest BCUT2D eigenvalue weighted by Crippen LogP contribution is -2.37. The molecule has 1 aliphatic carbocycles. The molecule has 1 unspecified atom stereocenters. The number of nitrogens with one attached hydrogen (secondary N) is 1. The number of amides is 1. The summed E-state index contributed by atoms with van der Waals surface area (Å²) in [6.07, 6.45) is 8.36. The highest BCUT2D eigenvalue weighted by Crippen LogP contribution is 2.28. The second-order valence-electron chi connectivity index (χ2n) is 6.83. The second kappa shape index (κ2) is 7.77. The lowest BCUT2D eigenvalue weighted by atomic mass is 10.0. The van der Waals surface area contributed by atoms with E-state index in [0.717, 1.165) is 26.1 Å². The zero-order chi connectivity index (χ0) is 15.2. The Labute approximate surface area is 134 Å². The number of hydrogen-bond acceptors (Lipinski definition) is 2. The van der Waals surface area contributed by atoms with Gasteiger partial charge in [0.15, 0.2) is 0 Å². The van der Waals surface area contributed by atoms with Gasteiger partial charge >= 0.3 is 0 Å². The molecule has 1 aliphatic heterocycles. The molecule has 22 heavy (non-hydrogen) atoms. The lowest BCUT2D eigenvalue weighted by molar-refractivity contribution is -0.122. The number of hydrogen-bond donors (Lipinski definition) is 1. The quantitative estimate of drug-likeness (QED) is 0.872. The number of nitrogens with zero attached hydrogens (tertiary/aromatic N) is 1. The number of rotatable bonds is 6. The summed E-state index contributed by atoms with van der Waals surface area (Å²) in [5.74, 6) is 0.869. The molecule has 2 fully saturated rings. The molecule has 1 aromatic rings. The molecule has 0 aromatic heterocycles. The normalized spacial score (nSPS) is 21.1. The Balaban J connectivity index is 1.56. The van der Waals surface area contributed by atoms with Crippen molar-refractivity contribution in [2.75, 3.05) is 19.6 Å². The molecule has 0 bridgehead atoms. The van der Waals surface area contributed by atoms with Gasteiger partial charge in [-0.1, -0.05) is 43.2 Å². The van der Waals surface area contributed by atoms with Crippen molar-refractivity contribution in [3.05, 3.63) is 35.9 Å². The van der Waals surface area contributed by atoms with Crippen LogP contribution >= 0.6 is 0 Å². The van der Waals surface area contributed by atoms with Crippen LogP contribution in [0.15, 0.2) is 30.3 Å². The van der Waals surface area contributed by atoms with Gasteiger partial charge in [-0.05, 0) is 50.3 Å². The molecule has 1 atom stereocenters. The van der Waals surface area contributed by atoms with E-state index in [1.165, 1.54) is 44.1 Å². The summed E-state index contributed by atoms with van der Waals surface area (Å²) in [5.41, 5.74) is 1.32. The van der Waals surface area contributed by atoms with Crippen molar-refractivity contribution in [1.82, 2.24) is 10.2 Å². The third-order valence-electron chi connectivity index (χ3n) is 5.21. The minimum absolute atomic E-state index is 0.243. The third kappa shape index (κ3) is 4.10. The summed E-state index contributed by atoms with van der Waals surface area (Å²) >= 11 is 0. The predicted octanol–water partition coefficient (Wildman–Crippen LogP) is 3.52. The van der Waals surface area contributed by atoms with Gasteiger partial charge in [-0.25, -0.2) is 0 Å². The van der Waals surface area contributed by atoms with Crippen LogP contribution in [0.25, 0.3) is 0 Å². The first-order valence-corrected chi connectivity index (χ1v) is 8.88. The molecule has 3 heteroatoms. The van der Waals surface area contributed by atoms with Gasteiger partial charge in [0, 0.05) is 13.0 Å². The highest BCUT2D eigenvalue weighted by atomic mass is 16.1. The molecule has 1 amide bonds. The summed E-state index contributed by atoms with van der Waals surface area (Å²) in [7, 11) is 0. The lowest BCUT2D eigenvalue weighted by Gasteiger charge is -2.28. The van der Waals surface area contributed by atoms with Gasteiger partial charge in [0.05, 0.1) is 6.04 Å². The van der Waals surface area contributed by atoms with E-state index in [2.05, 4.69) is 40.5 Å². The molecule has 3 rings (SSSR count). The molecular weight excluding hydrogens is 272 g/mol. The summed E-state index contributed by atoms with van der Waals surface area (Å²) in [6, 6.07) is 11.0. The Morgan fingerprint density at radius 3 is 2.45 bits per heavy atom. The molecule has 2 aliphatic rings. The number of carbonyl (C=O) groups excluding carboxylic acids is 1. The van der Waals surface area contributed by atoms with Crippen molar-refractivity contribution >= 4 is 5.91 Å². The fraction of sp³-hybridized carbons (Fsp3) is 0.632. The predicted molar refractivity (Wildman–Crippen MR) is 89.6 cm³/mol. The molecule has 1 N–H and O–H groups in total. The minimum Gasteiger partial charge on any atom is -0.354 e. The Bertz CT molecular complexity index is 462. The number of likely N-dealkylation sites (tertiary alicyclic amines) is 1. The Kier molecular flexibility index (Phi) is 5.49. The van der Waals surface area contributed by atoms with Gasteiger partial charge in [-0.3, -0.25) is 9.69 Å². The van der Waals surface area contributed by atoms with Crippen molar-refractivity contribution in [2.24, 2.45) is 5.92 Å². The van der Waals surface area contributed by atoms with Crippen LogP contribution in [0.3, 0.4) is 0 Å². The summed E-state index contributed by atoms with van der Waals surface area (Å²) in [6.45, 7) is 3.05. The number of carbonyl (C=O) groups is 1. The van der Waals surface area contributed by atoms with Gasteiger partial charge in [-0.2, -0.15) is 0 Å². The van der Waals surface area contributed by atoms with Crippen molar-refractivity contribution in [3.63, 3.8) is 0 Å². The van der Waals surface area contributed by atoms with E-state index in [0.29, 0.717) is 12.0 Å². The Morgan fingerprint density at radius 2 is 1.77 bits per heavy atom.